The highest BCUT2D eigenvalue weighted by Gasteiger charge is 2.30. The van der Waals surface area contributed by atoms with E-state index in [1.807, 2.05) is 42.5 Å². The molecule has 43 heavy (non-hydrogen) atoms. The van der Waals surface area contributed by atoms with Crippen LogP contribution in [0.3, 0.4) is 0 Å². The number of carbonyl (C=O) groups is 1. The monoisotopic (exact) mass is 616 g/mol. The molecule has 2 unspecified atom stereocenters. The van der Waals surface area contributed by atoms with Crippen LogP contribution in [0.1, 0.15) is 12.0 Å². The van der Waals surface area contributed by atoms with Crippen LogP contribution in [-0.2, 0) is 21.4 Å². The van der Waals surface area contributed by atoms with Gasteiger partial charge in [-0.05, 0) is 30.2 Å². The lowest BCUT2D eigenvalue weighted by Crippen LogP contribution is -2.53. The minimum Gasteiger partial charge on any atom is -0.445 e. The lowest BCUT2D eigenvalue weighted by Gasteiger charge is -2.35. The van der Waals surface area contributed by atoms with E-state index in [4.69, 9.17) is 22.1 Å². The maximum absolute atomic E-state index is 13.6. The fourth-order valence-corrected chi connectivity index (χ4v) is 6.84. The van der Waals surface area contributed by atoms with Crippen molar-refractivity contribution < 1.29 is 17.9 Å². The van der Waals surface area contributed by atoms with Gasteiger partial charge in [-0.15, -0.1) is 0 Å². The Labute approximate surface area is 254 Å². The van der Waals surface area contributed by atoms with Gasteiger partial charge in [0.15, 0.2) is 0 Å². The number of amides is 1. The molecule has 0 bridgehead atoms. The average Bonchev–Trinajstić information content (AvgIpc) is 3.42. The van der Waals surface area contributed by atoms with E-state index in [1.54, 1.807) is 47.4 Å². The number of hydrogen-bond acceptors (Lipinski definition) is 8. The molecular formula is C31H29ClN6O4S. The molecule has 1 amide bonds. The Morgan fingerprint density at radius 1 is 1.00 bits per heavy atom. The summed E-state index contributed by atoms with van der Waals surface area (Å²) >= 11 is 6.59. The standard InChI is InChI=1S/C31H29ClN6O4S/c32-27-16-34-30(35-23-15-22(33)17-37(18-23)31(39)42-20-21-9-3-1-4-10-21)36-29(27)26-19-38(28-14-8-7-13-25(26)28)43(40,41)24-11-5-2-6-12-24/h1-14,16,19,22-23H,15,17-18,20,33H2,(H,34,35,36). The molecule has 12 heteroatoms. The number of nitrogens with zero attached hydrogens (tertiary/aromatic N) is 4. The molecule has 1 aliphatic rings. The Balaban J connectivity index is 1.26. The quantitative estimate of drug-likeness (QED) is 0.257. The molecule has 0 aliphatic carbocycles. The summed E-state index contributed by atoms with van der Waals surface area (Å²) in [6.45, 7) is 0.881. The van der Waals surface area contributed by atoms with Crippen molar-refractivity contribution in [1.29, 1.82) is 0 Å². The zero-order valence-corrected chi connectivity index (χ0v) is 24.6. The molecule has 2 aromatic heterocycles. The number of benzene rings is 3. The van der Waals surface area contributed by atoms with E-state index in [2.05, 4.69) is 15.3 Å². The molecular weight excluding hydrogens is 588 g/mol. The average molecular weight is 617 g/mol. The van der Waals surface area contributed by atoms with Crippen LogP contribution >= 0.6 is 11.6 Å². The first kappa shape index (κ1) is 28.7. The maximum Gasteiger partial charge on any atom is 0.410 e. The van der Waals surface area contributed by atoms with Crippen LogP contribution < -0.4 is 11.1 Å². The third-order valence-corrected chi connectivity index (χ3v) is 9.22. The van der Waals surface area contributed by atoms with E-state index in [0.29, 0.717) is 41.7 Å². The molecule has 1 fully saturated rings. The van der Waals surface area contributed by atoms with Crippen LogP contribution in [0.15, 0.2) is 102 Å². The van der Waals surface area contributed by atoms with Crippen molar-refractivity contribution in [3.05, 3.63) is 108 Å². The van der Waals surface area contributed by atoms with Crippen molar-refractivity contribution in [3.63, 3.8) is 0 Å². The minimum absolute atomic E-state index is 0.166. The zero-order valence-electron chi connectivity index (χ0n) is 23.0. The molecule has 3 aromatic carbocycles. The van der Waals surface area contributed by atoms with Crippen molar-refractivity contribution in [2.45, 2.75) is 30.0 Å². The molecule has 2 atom stereocenters. The fraction of sp³-hybridized carbons (Fsp3) is 0.194. The third kappa shape index (κ3) is 6.05. The lowest BCUT2D eigenvalue weighted by molar-refractivity contribution is 0.0839. The smallest absolute Gasteiger partial charge is 0.410 e. The Morgan fingerprint density at radius 3 is 2.47 bits per heavy atom. The molecule has 5 aromatic rings. The van der Waals surface area contributed by atoms with Gasteiger partial charge in [-0.3, -0.25) is 0 Å². The van der Waals surface area contributed by atoms with Crippen LogP contribution in [0.5, 0.6) is 0 Å². The Hall–Kier alpha value is -4.45. The number of nitrogens with one attached hydrogen (secondary N) is 1. The van der Waals surface area contributed by atoms with Gasteiger partial charge in [-0.2, -0.15) is 0 Å². The van der Waals surface area contributed by atoms with Crippen LogP contribution in [0.4, 0.5) is 10.7 Å². The van der Waals surface area contributed by atoms with Gasteiger partial charge < -0.3 is 20.7 Å². The predicted octanol–water partition coefficient (Wildman–Crippen LogP) is 5.14. The maximum atomic E-state index is 13.6. The first-order valence-electron chi connectivity index (χ1n) is 13.7. The van der Waals surface area contributed by atoms with Gasteiger partial charge in [-0.25, -0.2) is 27.2 Å². The van der Waals surface area contributed by atoms with Crippen LogP contribution in [-0.4, -0.2) is 58.5 Å². The van der Waals surface area contributed by atoms with E-state index < -0.39 is 16.1 Å². The predicted molar refractivity (Wildman–Crippen MR) is 165 cm³/mol. The molecule has 220 valence electrons. The highest BCUT2D eigenvalue weighted by Crippen LogP contribution is 2.35. The number of para-hydroxylation sites is 1. The summed E-state index contributed by atoms with van der Waals surface area (Å²) in [5.74, 6) is 0.277. The summed E-state index contributed by atoms with van der Waals surface area (Å²) in [5, 5.41) is 4.21. The van der Waals surface area contributed by atoms with Gasteiger partial charge in [0, 0.05) is 42.3 Å². The number of fused-ring (bicyclic) bond motifs is 1. The van der Waals surface area contributed by atoms with E-state index in [-0.39, 0.29) is 34.6 Å². The second-order valence-electron chi connectivity index (χ2n) is 10.3. The highest BCUT2D eigenvalue weighted by atomic mass is 35.5. The molecule has 10 nitrogen and oxygen atoms in total. The second kappa shape index (κ2) is 12.0. The first-order valence-corrected chi connectivity index (χ1v) is 15.5. The highest BCUT2D eigenvalue weighted by molar-refractivity contribution is 7.90. The minimum atomic E-state index is -3.89. The second-order valence-corrected chi connectivity index (χ2v) is 12.6. The first-order chi connectivity index (χ1) is 20.8. The van der Waals surface area contributed by atoms with Gasteiger partial charge in [0.05, 0.1) is 27.3 Å². The molecule has 0 saturated carbocycles. The number of hydrogen-bond donors (Lipinski definition) is 2. The Bertz CT molecular complexity index is 1870. The van der Waals surface area contributed by atoms with Gasteiger partial charge in [0.1, 0.15) is 6.61 Å². The van der Waals surface area contributed by atoms with Crippen LogP contribution in [0.25, 0.3) is 22.2 Å². The fourth-order valence-electron chi connectivity index (χ4n) is 5.25. The number of carbonyl (C=O) groups excluding carboxylic acids is 1. The molecule has 1 saturated heterocycles. The number of likely N-dealkylation sites (tertiary alicyclic amines) is 1. The Morgan fingerprint density at radius 2 is 1.70 bits per heavy atom. The van der Waals surface area contributed by atoms with Gasteiger partial charge in [0.25, 0.3) is 10.0 Å². The summed E-state index contributed by atoms with van der Waals surface area (Å²) in [4.78, 5) is 23.6. The van der Waals surface area contributed by atoms with Crippen molar-refractivity contribution in [2.75, 3.05) is 18.4 Å². The van der Waals surface area contributed by atoms with Crippen molar-refractivity contribution >= 4 is 44.6 Å². The zero-order chi connectivity index (χ0) is 30.0. The summed E-state index contributed by atoms with van der Waals surface area (Å²) in [7, 11) is -3.89. The molecule has 0 radical (unpaired) electrons. The van der Waals surface area contributed by atoms with E-state index >= 15 is 0 Å². The number of rotatable bonds is 7. The summed E-state index contributed by atoms with van der Waals surface area (Å²) < 4.78 is 33.9. The van der Waals surface area contributed by atoms with Crippen LogP contribution in [0.2, 0.25) is 5.02 Å². The molecule has 0 spiro atoms. The number of nitrogens with two attached hydrogens (primary N) is 1. The van der Waals surface area contributed by atoms with E-state index in [1.165, 1.54) is 16.4 Å². The van der Waals surface area contributed by atoms with Crippen molar-refractivity contribution in [3.8, 4) is 11.3 Å². The number of piperidine rings is 1. The third-order valence-electron chi connectivity index (χ3n) is 7.26. The number of halogens is 1. The summed E-state index contributed by atoms with van der Waals surface area (Å²) in [5.41, 5.74) is 8.60. The largest absolute Gasteiger partial charge is 0.445 e. The number of aromatic nitrogens is 3. The van der Waals surface area contributed by atoms with E-state index in [0.717, 1.165) is 5.56 Å². The van der Waals surface area contributed by atoms with Crippen molar-refractivity contribution in [2.24, 2.45) is 5.73 Å². The number of ether oxygens (including phenoxy) is 1. The normalized spacial score (nSPS) is 17.1. The van der Waals surface area contributed by atoms with Gasteiger partial charge >= 0.3 is 6.09 Å². The topological polar surface area (TPSA) is 132 Å². The number of anilines is 1. The van der Waals surface area contributed by atoms with Crippen molar-refractivity contribution in [1.82, 2.24) is 18.8 Å². The SMILES string of the molecule is NC1CC(Nc2ncc(Cl)c(-c3cn(S(=O)(=O)c4ccccc4)c4ccccc34)n2)CN(C(=O)OCc2ccccc2)C1. The lowest BCUT2D eigenvalue weighted by atomic mass is 10.0. The van der Waals surface area contributed by atoms with Gasteiger partial charge in [0.2, 0.25) is 5.95 Å². The molecule has 3 heterocycles. The summed E-state index contributed by atoms with van der Waals surface area (Å²) in [6.07, 6.45) is 3.14. The molecule has 1 aliphatic heterocycles. The van der Waals surface area contributed by atoms with Crippen LogP contribution in [0, 0.1) is 0 Å². The molecule has 3 N–H and O–H groups in total. The van der Waals surface area contributed by atoms with E-state index in [9.17, 15) is 13.2 Å². The summed E-state index contributed by atoms with van der Waals surface area (Å²) in [6, 6.07) is 24.3. The van der Waals surface area contributed by atoms with Gasteiger partial charge in [-0.1, -0.05) is 78.3 Å². The molecule has 6 rings (SSSR count). The Kier molecular flexibility index (Phi) is 8.02.